The molecule has 2 aromatic heterocycles. The summed E-state index contributed by atoms with van der Waals surface area (Å²) < 4.78 is 14.9. The van der Waals surface area contributed by atoms with E-state index >= 15 is 0 Å². The van der Waals surface area contributed by atoms with Crippen molar-refractivity contribution in [3.8, 4) is 5.75 Å². The Morgan fingerprint density at radius 1 is 0.957 bits per heavy atom. The Morgan fingerprint density at radius 2 is 1.67 bits per heavy atom. The lowest BCUT2D eigenvalue weighted by atomic mass is 9.95. The third-order valence-corrected chi connectivity index (χ3v) is 8.94. The Bertz CT molecular complexity index is 2160. The summed E-state index contributed by atoms with van der Waals surface area (Å²) in [4.78, 5) is 45.9. The van der Waals surface area contributed by atoms with Crippen LogP contribution in [0.3, 0.4) is 0 Å². The monoisotopic (exact) mass is 634 g/mol. The topological polar surface area (TPSA) is 104 Å². The average Bonchev–Trinajstić information content (AvgIpc) is 3.49. The number of benzene rings is 3. The predicted octanol–water partition coefficient (Wildman–Crippen LogP) is 5.10. The first kappa shape index (κ1) is 30.8. The summed E-state index contributed by atoms with van der Waals surface area (Å²) >= 11 is 1.27. The number of carbonyl (C=O) groups is 2. The highest BCUT2D eigenvalue weighted by atomic mass is 32.1. The van der Waals surface area contributed by atoms with E-state index in [0.717, 1.165) is 27.7 Å². The number of nitrogens with one attached hydrogen (secondary N) is 1. The van der Waals surface area contributed by atoms with Gasteiger partial charge in [-0.1, -0.05) is 59.9 Å². The number of carbonyl (C=O) groups excluding carboxylic acids is 2. The van der Waals surface area contributed by atoms with Crippen LogP contribution in [-0.2, 0) is 20.9 Å². The molecule has 1 amide bonds. The molecule has 1 aliphatic heterocycles. The number of hydrogen-bond donors (Lipinski definition) is 1. The average molecular weight is 635 g/mol. The van der Waals surface area contributed by atoms with Gasteiger partial charge in [-0.2, -0.15) is 0 Å². The molecule has 0 fully saturated rings. The minimum atomic E-state index is -0.718. The van der Waals surface area contributed by atoms with E-state index in [1.54, 1.807) is 18.4 Å². The number of amides is 1. The van der Waals surface area contributed by atoms with E-state index in [9.17, 15) is 14.4 Å². The van der Waals surface area contributed by atoms with Crippen molar-refractivity contribution in [1.82, 2.24) is 9.13 Å². The van der Waals surface area contributed by atoms with E-state index in [1.165, 1.54) is 11.3 Å². The van der Waals surface area contributed by atoms with Crippen molar-refractivity contribution in [2.45, 2.75) is 40.3 Å². The molecule has 46 heavy (non-hydrogen) atoms. The van der Waals surface area contributed by atoms with Crippen molar-refractivity contribution in [2.75, 3.05) is 18.5 Å². The van der Waals surface area contributed by atoms with E-state index < -0.39 is 6.04 Å². The fourth-order valence-corrected chi connectivity index (χ4v) is 6.90. The molecule has 9 nitrogen and oxygen atoms in total. The zero-order valence-electron chi connectivity index (χ0n) is 26.1. The van der Waals surface area contributed by atoms with Gasteiger partial charge in [-0.3, -0.25) is 19.0 Å². The van der Waals surface area contributed by atoms with Crippen molar-refractivity contribution in [3.63, 3.8) is 0 Å². The van der Waals surface area contributed by atoms with Gasteiger partial charge in [0.05, 0.1) is 35.1 Å². The molecule has 0 spiro atoms. The van der Waals surface area contributed by atoms with Crippen LogP contribution < -0.4 is 24.9 Å². The van der Waals surface area contributed by atoms with Crippen molar-refractivity contribution in [2.24, 2.45) is 4.99 Å². The summed E-state index contributed by atoms with van der Waals surface area (Å²) in [5, 5.41) is 3.90. The standard InChI is InChI=1S/C36H34N4O5S/c1-5-44-26-18-16-24(17-19-26)33-32(34(42)38-25-12-8-7-9-13-25)22(3)37-36-40(33)35(43)30(46-36)20-28-23(4)39(21-31(41)45-6-2)29-15-11-10-14-27(28)29/h7-20,33H,5-6,21H2,1-4H3,(H,38,42)/b30-20-/t33-/m1/s1. The molecule has 5 aromatic rings. The first-order chi connectivity index (χ1) is 22.3. The molecular formula is C36H34N4O5S. The minimum absolute atomic E-state index is 0.0616. The SMILES string of the molecule is CCOC(=O)Cn1c(C)c(/C=c2\sc3n(c2=O)[C@H](c2ccc(OCC)cc2)C(C(=O)Nc2ccccc2)=C(C)N=3)c2ccccc21. The quantitative estimate of drug-likeness (QED) is 0.227. The Morgan fingerprint density at radius 3 is 2.39 bits per heavy atom. The van der Waals surface area contributed by atoms with Crippen LogP contribution in [0, 0.1) is 6.92 Å². The Kier molecular flexibility index (Phi) is 8.72. The van der Waals surface area contributed by atoms with Crippen molar-refractivity contribution in [3.05, 3.63) is 127 Å². The molecule has 1 atom stereocenters. The highest BCUT2D eigenvalue weighted by Gasteiger charge is 2.32. The third-order valence-electron chi connectivity index (χ3n) is 7.95. The van der Waals surface area contributed by atoms with Crippen LogP contribution in [0.25, 0.3) is 17.0 Å². The summed E-state index contributed by atoms with van der Waals surface area (Å²) in [6.07, 6.45) is 1.86. The van der Waals surface area contributed by atoms with E-state index in [2.05, 4.69) is 5.32 Å². The Labute approximate surface area is 269 Å². The molecule has 10 heteroatoms. The van der Waals surface area contributed by atoms with Crippen LogP contribution in [0.5, 0.6) is 5.75 Å². The lowest BCUT2D eigenvalue weighted by molar-refractivity contribution is -0.143. The summed E-state index contributed by atoms with van der Waals surface area (Å²) in [6, 6.07) is 23.7. The van der Waals surface area contributed by atoms with Gasteiger partial charge in [0.15, 0.2) is 4.80 Å². The van der Waals surface area contributed by atoms with E-state index in [1.807, 2.05) is 103 Å². The number of thiazole rings is 1. The first-order valence-electron chi connectivity index (χ1n) is 15.2. The number of allylic oxidation sites excluding steroid dienone is 1. The molecule has 3 heterocycles. The van der Waals surface area contributed by atoms with Gasteiger partial charge in [-0.15, -0.1) is 0 Å². The summed E-state index contributed by atoms with van der Waals surface area (Å²) in [7, 11) is 0. The maximum absolute atomic E-state index is 14.3. The smallest absolute Gasteiger partial charge is 0.325 e. The van der Waals surface area contributed by atoms with Gasteiger partial charge < -0.3 is 19.4 Å². The molecule has 0 aliphatic carbocycles. The molecule has 3 aromatic carbocycles. The van der Waals surface area contributed by atoms with E-state index in [-0.39, 0.29) is 24.0 Å². The number of para-hydroxylation sites is 2. The van der Waals surface area contributed by atoms with Gasteiger partial charge in [0.1, 0.15) is 12.3 Å². The van der Waals surface area contributed by atoms with Crippen LogP contribution in [-0.4, -0.2) is 34.2 Å². The number of rotatable bonds is 9. The molecular weight excluding hydrogens is 600 g/mol. The number of esters is 1. The molecule has 0 bridgehead atoms. The lowest BCUT2D eigenvalue weighted by Crippen LogP contribution is -2.40. The van der Waals surface area contributed by atoms with E-state index in [4.69, 9.17) is 14.5 Å². The Hall–Kier alpha value is -5.22. The van der Waals surface area contributed by atoms with Gasteiger partial charge in [0, 0.05) is 27.8 Å². The zero-order chi connectivity index (χ0) is 32.4. The first-order valence-corrected chi connectivity index (χ1v) is 16.0. The number of fused-ring (bicyclic) bond motifs is 2. The summed E-state index contributed by atoms with van der Waals surface area (Å²) in [5.74, 6) is 0.0345. The van der Waals surface area contributed by atoms with Crippen molar-refractivity contribution in [1.29, 1.82) is 0 Å². The van der Waals surface area contributed by atoms with Gasteiger partial charge >= 0.3 is 5.97 Å². The number of aromatic nitrogens is 2. The number of hydrogen-bond acceptors (Lipinski definition) is 7. The number of anilines is 1. The van der Waals surface area contributed by atoms with Crippen molar-refractivity contribution >= 4 is 45.9 Å². The minimum Gasteiger partial charge on any atom is -0.494 e. The van der Waals surface area contributed by atoms with Gasteiger partial charge in [-0.25, -0.2) is 4.99 Å². The van der Waals surface area contributed by atoms with Crippen molar-refractivity contribution < 1.29 is 19.1 Å². The van der Waals surface area contributed by atoms with E-state index in [0.29, 0.717) is 45.3 Å². The van der Waals surface area contributed by atoms with Crippen LogP contribution in [0.15, 0.2) is 99.9 Å². The van der Waals surface area contributed by atoms with Crippen LogP contribution in [0.2, 0.25) is 0 Å². The van der Waals surface area contributed by atoms with Gasteiger partial charge in [-0.05, 0) is 69.7 Å². The second-order valence-corrected chi connectivity index (χ2v) is 11.8. The third kappa shape index (κ3) is 5.79. The van der Waals surface area contributed by atoms with Gasteiger partial charge in [0.25, 0.3) is 11.5 Å². The maximum Gasteiger partial charge on any atom is 0.325 e. The molecule has 0 saturated carbocycles. The fraction of sp³-hybridized carbons (Fsp3) is 0.222. The Balaban J connectivity index is 1.51. The molecule has 6 rings (SSSR count). The molecule has 0 radical (unpaired) electrons. The molecule has 1 N–H and O–H groups in total. The number of ether oxygens (including phenoxy) is 2. The summed E-state index contributed by atoms with van der Waals surface area (Å²) in [6.45, 7) is 8.31. The molecule has 0 saturated heterocycles. The largest absolute Gasteiger partial charge is 0.494 e. The predicted molar refractivity (Wildman–Crippen MR) is 180 cm³/mol. The lowest BCUT2D eigenvalue weighted by Gasteiger charge is -2.25. The molecule has 0 unspecified atom stereocenters. The highest BCUT2D eigenvalue weighted by Crippen LogP contribution is 2.32. The van der Waals surface area contributed by atoms with Crippen LogP contribution in [0.4, 0.5) is 5.69 Å². The molecule has 1 aliphatic rings. The van der Waals surface area contributed by atoms with Crippen LogP contribution >= 0.6 is 11.3 Å². The molecule has 234 valence electrons. The number of nitrogens with zero attached hydrogens (tertiary/aromatic N) is 3. The second kappa shape index (κ2) is 13.0. The summed E-state index contributed by atoms with van der Waals surface area (Å²) in [5.41, 5.74) is 4.59. The zero-order valence-corrected chi connectivity index (χ0v) is 26.9. The maximum atomic E-state index is 14.3. The normalized spacial score (nSPS) is 14.6. The second-order valence-electron chi connectivity index (χ2n) is 10.8. The van der Waals surface area contributed by atoms with Gasteiger partial charge in [0.2, 0.25) is 0 Å². The fourth-order valence-electron chi connectivity index (χ4n) is 5.87. The van der Waals surface area contributed by atoms with Crippen LogP contribution in [0.1, 0.15) is 43.6 Å². The highest BCUT2D eigenvalue weighted by molar-refractivity contribution is 7.07.